The molecular weight excluding hydrogens is 338 g/mol. The molecule has 0 atom stereocenters. The Bertz CT molecular complexity index is 779. The zero-order valence-electron chi connectivity index (χ0n) is 14.4. The summed E-state index contributed by atoms with van der Waals surface area (Å²) in [5.41, 5.74) is 1.69. The lowest BCUT2D eigenvalue weighted by molar-refractivity contribution is -0.142. The van der Waals surface area contributed by atoms with Crippen LogP contribution < -0.4 is 10.6 Å². The summed E-state index contributed by atoms with van der Waals surface area (Å²) in [5, 5.41) is 15.9. The fourth-order valence-electron chi connectivity index (χ4n) is 3.10. The molecule has 2 aromatic rings. The molecule has 0 bridgehead atoms. The second-order valence-corrected chi connectivity index (χ2v) is 7.94. The molecule has 1 aliphatic carbocycles. The predicted octanol–water partition coefficient (Wildman–Crippen LogP) is 4.18. The summed E-state index contributed by atoms with van der Waals surface area (Å²) < 4.78 is 1.06. The van der Waals surface area contributed by atoms with Crippen molar-refractivity contribution in [3.05, 3.63) is 23.2 Å². The van der Waals surface area contributed by atoms with Crippen LogP contribution in [0.5, 0.6) is 0 Å². The summed E-state index contributed by atoms with van der Waals surface area (Å²) in [7, 11) is 0. The topological polar surface area (TPSA) is 91.3 Å². The minimum Gasteiger partial charge on any atom is -0.481 e. The van der Waals surface area contributed by atoms with Crippen molar-refractivity contribution in [1.29, 1.82) is 0 Å². The number of amides is 2. The quantitative estimate of drug-likeness (QED) is 0.761. The SMILES string of the molecule is CC(C)c1nc2ccc(NC(=O)NC3CCC(C(=O)O)CC3)cc2s1. The van der Waals surface area contributed by atoms with E-state index in [1.54, 1.807) is 11.3 Å². The number of aliphatic carboxylic acids is 1. The van der Waals surface area contributed by atoms with Crippen LogP contribution in [0.2, 0.25) is 0 Å². The summed E-state index contributed by atoms with van der Waals surface area (Å²) in [6.45, 7) is 4.23. The first-order chi connectivity index (χ1) is 11.9. The fourth-order valence-corrected chi connectivity index (χ4v) is 4.11. The van der Waals surface area contributed by atoms with E-state index in [1.165, 1.54) is 0 Å². The number of thiazole rings is 1. The number of carboxylic acids is 1. The van der Waals surface area contributed by atoms with E-state index in [9.17, 15) is 9.59 Å². The van der Waals surface area contributed by atoms with Crippen molar-refractivity contribution >= 4 is 39.2 Å². The van der Waals surface area contributed by atoms with Crippen molar-refractivity contribution in [3.63, 3.8) is 0 Å². The van der Waals surface area contributed by atoms with Gasteiger partial charge in [-0.25, -0.2) is 9.78 Å². The van der Waals surface area contributed by atoms with Crippen LogP contribution in [0.1, 0.15) is 50.5 Å². The molecular formula is C18H23N3O3S. The monoisotopic (exact) mass is 361 g/mol. The second kappa shape index (κ2) is 7.39. The molecule has 0 unspecified atom stereocenters. The average Bonchev–Trinajstić information content (AvgIpc) is 2.99. The number of fused-ring (bicyclic) bond motifs is 1. The van der Waals surface area contributed by atoms with Crippen LogP contribution in [0.3, 0.4) is 0 Å². The Labute approximate surface area is 150 Å². The number of aromatic nitrogens is 1. The number of hydrogen-bond donors (Lipinski definition) is 3. The average molecular weight is 361 g/mol. The molecule has 1 aliphatic rings. The van der Waals surface area contributed by atoms with E-state index in [-0.39, 0.29) is 18.0 Å². The molecule has 0 spiro atoms. The number of anilines is 1. The molecule has 0 radical (unpaired) electrons. The third-order valence-electron chi connectivity index (χ3n) is 4.57. The maximum absolute atomic E-state index is 12.2. The number of rotatable bonds is 4. The van der Waals surface area contributed by atoms with E-state index in [0.29, 0.717) is 31.6 Å². The van der Waals surface area contributed by atoms with Gasteiger partial charge in [0.05, 0.1) is 21.1 Å². The van der Waals surface area contributed by atoms with Crippen molar-refractivity contribution in [2.45, 2.75) is 51.5 Å². The van der Waals surface area contributed by atoms with E-state index in [1.807, 2.05) is 18.2 Å². The molecule has 1 aromatic carbocycles. The third-order valence-corrected chi connectivity index (χ3v) is 5.89. The van der Waals surface area contributed by atoms with Gasteiger partial charge in [0.1, 0.15) is 0 Å². The van der Waals surface area contributed by atoms with Gasteiger partial charge in [-0.3, -0.25) is 4.79 Å². The van der Waals surface area contributed by atoms with Crippen molar-refractivity contribution in [2.75, 3.05) is 5.32 Å². The van der Waals surface area contributed by atoms with Gasteiger partial charge in [-0.2, -0.15) is 0 Å². The van der Waals surface area contributed by atoms with Gasteiger partial charge in [0.25, 0.3) is 0 Å². The van der Waals surface area contributed by atoms with E-state index in [0.717, 1.165) is 20.9 Å². The van der Waals surface area contributed by atoms with E-state index in [4.69, 9.17) is 5.11 Å². The summed E-state index contributed by atoms with van der Waals surface area (Å²) in [4.78, 5) is 27.8. The van der Waals surface area contributed by atoms with Gasteiger partial charge in [-0.05, 0) is 43.9 Å². The number of nitrogens with one attached hydrogen (secondary N) is 2. The normalized spacial score (nSPS) is 20.6. The van der Waals surface area contributed by atoms with Crippen molar-refractivity contribution in [3.8, 4) is 0 Å². The standard InChI is InChI=1S/C18H23N3O3S/c1-10(2)16-21-14-8-7-13(9-15(14)25-16)20-18(24)19-12-5-3-11(4-6-12)17(22)23/h7-12H,3-6H2,1-2H3,(H,22,23)(H2,19,20,24). The van der Waals surface area contributed by atoms with Crippen LogP contribution in [0, 0.1) is 5.92 Å². The van der Waals surface area contributed by atoms with Gasteiger partial charge in [-0.1, -0.05) is 13.8 Å². The minimum atomic E-state index is -0.735. The maximum Gasteiger partial charge on any atom is 0.319 e. The number of carbonyl (C=O) groups excluding carboxylic acids is 1. The van der Waals surface area contributed by atoms with E-state index >= 15 is 0 Å². The third kappa shape index (κ3) is 4.28. The summed E-state index contributed by atoms with van der Waals surface area (Å²) in [6, 6.07) is 5.51. The lowest BCUT2D eigenvalue weighted by atomic mass is 9.86. The maximum atomic E-state index is 12.2. The molecule has 3 N–H and O–H groups in total. The van der Waals surface area contributed by atoms with Crippen LogP contribution in [0.4, 0.5) is 10.5 Å². The Kier molecular flexibility index (Phi) is 5.22. The molecule has 0 aliphatic heterocycles. The summed E-state index contributed by atoms with van der Waals surface area (Å²) in [6.07, 6.45) is 2.64. The summed E-state index contributed by atoms with van der Waals surface area (Å²) in [5.74, 6) is -0.621. The molecule has 25 heavy (non-hydrogen) atoms. The highest BCUT2D eigenvalue weighted by molar-refractivity contribution is 7.18. The zero-order valence-corrected chi connectivity index (χ0v) is 15.2. The number of hydrogen-bond acceptors (Lipinski definition) is 4. The molecule has 134 valence electrons. The van der Waals surface area contributed by atoms with Crippen LogP contribution in [0.25, 0.3) is 10.2 Å². The smallest absolute Gasteiger partial charge is 0.319 e. The minimum absolute atomic E-state index is 0.0373. The predicted molar refractivity (Wildman–Crippen MR) is 99.2 cm³/mol. The number of carboxylic acid groups (broad SMARTS) is 1. The highest BCUT2D eigenvalue weighted by Crippen LogP contribution is 2.29. The largest absolute Gasteiger partial charge is 0.481 e. The molecule has 1 fully saturated rings. The van der Waals surface area contributed by atoms with Crippen LogP contribution in [-0.2, 0) is 4.79 Å². The highest BCUT2D eigenvalue weighted by Gasteiger charge is 2.26. The summed E-state index contributed by atoms with van der Waals surface area (Å²) >= 11 is 1.65. The van der Waals surface area contributed by atoms with Crippen molar-refractivity contribution < 1.29 is 14.7 Å². The van der Waals surface area contributed by atoms with Gasteiger partial charge in [0.2, 0.25) is 0 Å². The van der Waals surface area contributed by atoms with Gasteiger partial charge in [0, 0.05) is 17.6 Å². The number of benzene rings is 1. The molecule has 2 amide bonds. The van der Waals surface area contributed by atoms with Crippen LogP contribution in [-0.4, -0.2) is 28.1 Å². The lowest BCUT2D eigenvalue weighted by Gasteiger charge is -2.26. The van der Waals surface area contributed by atoms with Gasteiger partial charge in [-0.15, -0.1) is 11.3 Å². The molecule has 7 heteroatoms. The first-order valence-corrected chi connectivity index (χ1v) is 9.45. The second-order valence-electron chi connectivity index (χ2n) is 6.87. The highest BCUT2D eigenvalue weighted by atomic mass is 32.1. The molecule has 1 saturated carbocycles. The Hall–Kier alpha value is -2.15. The number of carbonyl (C=O) groups is 2. The molecule has 1 aromatic heterocycles. The van der Waals surface area contributed by atoms with E-state index < -0.39 is 5.97 Å². The lowest BCUT2D eigenvalue weighted by Crippen LogP contribution is -2.40. The molecule has 0 saturated heterocycles. The van der Waals surface area contributed by atoms with Crippen molar-refractivity contribution in [1.82, 2.24) is 10.3 Å². The first kappa shape index (κ1) is 17.7. The first-order valence-electron chi connectivity index (χ1n) is 8.63. The Balaban J connectivity index is 1.57. The molecule has 1 heterocycles. The van der Waals surface area contributed by atoms with Gasteiger partial charge in [0.15, 0.2) is 0 Å². The Morgan fingerprint density at radius 3 is 2.60 bits per heavy atom. The number of nitrogens with zero attached hydrogens (tertiary/aromatic N) is 1. The van der Waals surface area contributed by atoms with Gasteiger partial charge >= 0.3 is 12.0 Å². The van der Waals surface area contributed by atoms with Crippen LogP contribution in [0.15, 0.2) is 18.2 Å². The van der Waals surface area contributed by atoms with E-state index in [2.05, 4.69) is 29.5 Å². The zero-order chi connectivity index (χ0) is 18.0. The molecule has 3 rings (SSSR count). The van der Waals surface area contributed by atoms with Gasteiger partial charge < -0.3 is 15.7 Å². The molecule has 6 nitrogen and oxygen atoms in total. The Morgan fingerprint density at radius 1 is 1.24 bits per heavy atom. The fraction of sp³-hybridized carbons (Fsp3) is 0.500. The number of urea groups is 1. The Morgan fingerprint density at radius 2 is 1.96 bits per heavy atom. The van der Waals surface area contributed by atoms with Crippen LogP contribution >= 0.6 is 11.3 Å². The van der Waals surface area contributed by atoms with Crippen molar-refractivity contribution in [2.24, 2.45) is 5.92 Å².